The Hall–Kier alpha value is -1.29. The molecule has 1 amide bonds. The molecule has 0 fully saturated rings. The number of amides is 1. The van der Waals surface area contributed by atoms with Gasteiger partial charge in [-0.2, -0.15) is 0 Å². The number of halogens is 1. The van der Waals surface area contributed by atoms with Gasteiger partial charge in [-0.15, -0.1) is 0 Å². The normalized spacial score (nSPS) is 10.0. The van der Waals surface area contributed by atoms with Crippen molar-refractivity contribution in [3.05, 3.63) is 22.8 Å². The van der Waals surface area contributed by atoms with E-state index < -0.39 is 0 Å². The van der Waals surface area contributed by atoms with E-state index in [1.165, 1.54) is 0 Å². The van der Waals surface area contributed by atoms with E-state index in [9.17, 15) is 4.79 Å². The van der Waals surface area contributed by atoms with Gasteiger partial charge in [0.15, 0.2) is 0 Å². The van der Waals surface area contributed by atoms with Crippen molar-refractivity contribution in [1.82, 2.24) is 9.88 Å². The van der Waals surface area contributed by atoms with Crippen LogP contribution in [0.4, 0.5) is 5.82 Å². The molecule has 16 heavy (non-hydrogen) atoms. The summed E-state index contributed by atoms with van der Waals surface area (Å²) in [5.41, 5.74) is 0.521. The molecule has 1 N–H and O–H groups in total. The number of carbonyl (C=O) groups excluding carboxylic acids is 1. The Balaban J connectivity index is 2.96. The molecular weight excluding hydrogens is 226 g/mol. The first kappa shape index (κ1) is 12.8. The molecule has 0 spiro atoms. The smallest absolute Gasteiger partial charge is 0.255 e. The van der Waals surface area contributed by atoms with Gasteiger partial charge < -0.3 is 10.2 Å². The van der Waals surface area contributed by atoms with Crippen LogP contribution in [0, 0.1) is 0 Å². The van der Waals surface area contributed by atoms with E-state index in [0.29, 0.717) is 29.5 Å². The van der Waals surface area contributed by atoms with Crippen molar-refractivity contribution in [3.8, 4) is 0 Å². The van der Waals surface area contributed by atoms with Gasteiger partial charge in [-0.3, -0.25) is 4.79 Å². The Morgan fingerprint density at radius 2 is 2.12 bits per heavy atom. The van der Waals surface area contributed by atoms with Crippen LogP contribution in [0.25, 0.3) is 0 Å². The summed E-state index contributed by atoms with van der Waals surface area (Å²) in [4.78, 5) is 17.8. The van der Waals surface area contributed by atoms with Crippen molar-refractivity contribution in [2.24, 2.45) is 0 Å². The number of pyridine rings is 1. The summed E-state index contributed by atoms with van der Waals surface area (Å²) >= 11 is 5.97. The zero-order valence-electron chi connectivity index (χ0n) is 9.75. The summed E-state index contributed by atoms with van der Waals surface area (Å²) in [5, 5.41) is 3.31. The predicted molar refractivity (Wildman–Crippen MR) is 66.0 cm³/mol. The van der Waals surface area contributed by atoms with Gasteiger partial charge >= 0.3 is 0 Å². The quantitative estimate of drug-likeness (QED) is 0.880. The van der Waals surface area contributed by atoms with Gasteiger partial charge in [0.1, 0.15) is 5.82 Å². The van der Waals surface area contributed by atoms with Gasteiger partial charge in [-0.1, -0.05) is 11.6 Å². The number of nitrogens with one attached hydrogen (secondary N) is 1. The van der Waals surface area contributed by atoms with Crippen LogP contribution in [0.2, 0.25) is 5.02 Å². The number of carbonyl (C=O) groups is 1. The zero-order chi connectivity index (χ0) is 12.1. The summed E-state index contributed by atoms with van der Waals surface area (Å²) in [7, 11) is 1.74. The van der Waals surface area contributed by atoms with Crippen LogP contribution in [0.3, 0.4) is 0 Å². The third-order valence-electron chi connectivity index (χ3n) is 2.38. The molecule has 0 bridgehead atoms. The summed E-state index contributed by atoms with van der Waals surface area (Å²) in [6.45, 7) is 5.25. The van der Waals surface area contributed by atoms with E-state index in [2.05, 4.69) is 10.3 Å². The van der Waals surface area contributed by atoms with Gasteiger partial charge in [0, 0.05) is 26.3 Å². The first-order valence-electron chi connectivity index (χ1n) is 5.26. The molecule has 0 aromatic carbocycles. The highest BCUT2D eigenvalue weighted by Crippen LogP contribution is 2.20. The number of anilines is 1. The van der Waals surface area contributed by atoms with Gasteiger partial charge in [-0.25, -0.2) is 4.98 Å². The second-order valence-electron chi connectivity index (χ2n) is 3.28. The fourth-order valence-electron chi connectivity index (χ4n) is 1.43. The molecule has 1 rings (SSSR count). The summed E-state index contributed by atoms with van der Waals surface area (Å²) in [6, 6.07) is 1.64. The maximum Gasteiger partial charge on any atom is 0.255 e. The Labute approximate surface area is 101 Å². The van der Waals surface area contributed by atoms with Crippen LogP contribution in [-0.4, -0.2) is 35.9 Å². The summed E-state index contributed by atoms with van der Waals surface area (Å²) in [5.74, 6) is 0.541. The Bertz CT molecular complexity index is 377. The number of aromatic nitrogens is 1. The molecule has 1 aromatic rings. The molecule has 0 saturated heterocycles. The van der Waals surface area contributed by atoms with E-state index >= 15 is 0 Å². The second kappa shape index (κ2) is 5.70. The van der Waals surface area contributed by atoms with Crippen molar-refractivity contribution in [2.75, 3.05) is 25.5 Å². The summed E-state index contributed by atoms with van der Waals surface area (Å²) < 4.78 is 0. The minimum atomic E-state index is -0.0398. The van der Waals surface area contributed by atoms with Crippen LogP contribution in [0.1, 0.15) is 24.2 Å². The van der Waals surface area contributed by atoms with Gasteiger partial charge in [0.05, 0.1) is 10.6 Å². The number of nitrogens with zero attached hydrogens (tertiary/aromatic N) is 2. The Morgan fingerprint density at radius 1 is 1.50 bits per heavy atom. The topological polar surface area (TPSA) is 45.2 Å². The molecule has 0 saturated carbocycles. The van der Waals surface area contributed by atoms with E-state index in [1.807, 2.05) is 13.8 Å². The van der Waals surface area contributed by atoms with E-state index in [-0.39, 0.29) is 5.91 Å². The fraction of sp³-hybridized carbons (Fsp3) is 0.455. The van der Waals surface area contributed by atoms with E-state index in [1.54, 1.807) is 24.2 Å². The summed E-state index contributed by atoms with van der Waals surface area (Å²) in [6.07, 6.45) is 1.54. The zero-order valence-corrected chi connectivity index (χ0v) is 10.5. The molecule has 1 aromatic heterocycles. The van der Waals surface area contributed by atoms with Crippen molar-refractivity contribution >= 4 is 23.3 Å². The molecule has 0 radical (unpaired) electrons. The molecule has 5 heteroatoms. The average Bonchev–Trinajstić information content (AvgIpc) is 2.30. The SMILES string of the molecule is CCN(CC)C(=O)c1cnc(NC)c(Cl)c1. The van der Waals surface area contributed by atoms with Crippen molar-refractivity contribution in [3.63, 3.8) is 0 Å². The standard InChI is InChI=1S/C11H16ClN3O/c1-4-15(5-2)11(16)8-6-9(12)10(13-3)14-7-8/h6-7H,4-5H2,1-3H3,(H,13,14). The first-order chi connectivity index (χ1) is 7.63. The van der Waals surface area contributed by atoms with Crippen LogP contribution >= 0.6 is 11.6 Å². The first-order valence-corrected chi connectivity index (χ1v) is 5.64. The molecule has 4 nitrogen and oxygen atoms in total. The maximum absolute atomic E-state index is 12.0. The maximum atomic E-state index is 12.0. The third kappa shape index (κ3) is 2.64. The second-order valence-corrected chi connectivity index (χ2v) is 3.69. The number of rotatable bonds is 4. The van der Waals surface area contributed by atoms with Gasteiger partial charge in [0.2, 0.25) is 0 Å². The molecule has 0 aliphatic heterocycles. The van der Waals surface area contributed by atoms with E-state index in [0.717, 1.165) is 0 Å². The third-order valence-corrected chi connectivity index (χ3v) is 2.66. The minimum Gasteiger partial charge on any atom is -0.372 e. The molecule has 88 valence electrons. The number of hydrogen-bond donors (Lipinski definition) is 1. The van der Waals surface area contributed by atoms with Gasteiger partial charge in [0.25, 0.3) is 5.91 Å². The van der Waals surface area contributed by atoms with Crippen molar-refractivity contribution in [1.29, 1.82) is 0 Å². The average molecular weight is 242 g/mol. The van der Waals surface area contributed by atoms with Crippen LogP contribution in [0.15, 0.2) is 12.3 Å². The fourth-order valence-corrected chi connectivity index (χ4v) is 1.69. The highest BCUT2D eigenvalue weighted by atomic mass is 35.5. The molecule has 1 heterocycles. The predicted octanol–water partition coefficient (Wildman–Crippen LogP) is 2.26. The lowest BCUT2D eigenvalue weighted by atomic mass is 10.2. The molecule has 0 unspecified atom stereocenters. The largest absolute Gasteiger partial charge is 0.372 e. The molecule has 0 aliphatic carbocycles. The van der Waals surface area contributed by atoms with Crippen molar-refractivity contribution in [2.45, 2.75) is 13.8 Å². The monoisotopic (exact) mass is 241 g/mol. The molecule has 0 aliphatic rings. The molecular formula is C11H16ClN3O. The van der Waals surface area contributed by atoms with E-state index in [4.69, 9.17) is 11.6 Å². The Morgan fingerprint density at radius 3 is 2.56 bits per heavy atom. The highest BCUT2D eigenvalue weighted by molar-refractivity contribution is 6.33. The van der Waals surface area contributed by atoms with Crippen molar-refractivity contribution < 1.29 is 4.79 Å². The van der Waals surface area contributed by atoms with Crippen LogP contribution in [-0.2, 0) is 0 Å². The lowest BCUT2D eigenvalue weighted by molar-refractivity contribution is 0.0772. The van der Waals surface area contributed by atoms with Crippen LogP contribution in [0.5, 0.6) is 0 Å². The Kier molecular flexibility index (Phi) is 4.55. The van der Waals surface area contributed by atoms with Crippen LogP contribution < -0.4 is 5.32 Å². The number of hydrogen-bond acceptors (Lipinski definition) is 3. The van der Waals surface area contributed by atoms with Gasteiger partial charge in [-0.05, 0) is 19.9 Å². The molecule has 0 atom stereocenters. The lowest BCUT2D eigenvalue weighted by Crippen LogP contribution is -2.30. The lowest BCUT2D eigenvalue weighted by Gasteiger charge is -2.18. The highest BCUT2D eigenvalue weighted by Gasteiger charge is 2.14. The minimum absolute atomic E-state index is 0.0398.